The average Bonchev–Trinajstić information content (AvgIpc) is 2.76. The fourth-order valence-electron chi connectivity index (χ4n) is 3.67. The second kappa shape index (κ2) is 8.42. The van der Waals surface area contributed by atoms with Gasteiger partial charge in [-0.2, -0.15) is 0 Å². The predicted octanol–water partition coefficient (Wildman–Crippen LogP) is 4.15. The molecule has 1 aliphatic rings. The minimum Gasteiger partial charge on any atom is -0.493 e. The number of carbonyl (C=O) groups excluding carboxylic acids is 1. The van der Waals surface area contributed by atoms with Gasteiger partial charge in [-0.05, 0) is 55.8 Å². The first-order chi connectivity index (χ1) is 15.3. The number of hydrogen-bond donors (Lipinski definition) is 0. The molecule has 1 atom stereocenters. The van der Waals surface area contributed by atoms with E-state index in [1.165, 1.54) is 12.1 Å². The van der Waals surface area contributed by atoms with Gasteiger partial charge in [0.1, 0.15) is 23.0 Å². The maximum Gasteiger partial charge on any atom is 0.336 e. The Bertz CT molecular complexity index is 1250. The lowest BCUT2D eigenvalue weighted by Crippen LogP contribution is -2.48. The summed E-state index contributed by atoms with van der Waals surface area (Å²) in [6.45, 7) is 3.75. The molecule has 0 radical (unpaired) electrons. The maximum absolute atomic E-state index is 12.5. The molecule has 0 aliphatic carbocycles. The van der Waals surface area contributed by atoms with Crippen molar-refractivity contribution in [2.24, 2.45) is 0 Å². The Morgan fingerprint density at radius 3 is 2.59 bits per heavy atom. The molecule has 0 unspecified atom stereocenters. The van der Waals surface area contributed by atoms with Crippen LogP contribution in [0.15, 0.2) is 57.8 Å². The molecule has 0 fully saturated rings. The lowest BCUT2D eigenvalue weighted by Gasteiger charge is -2.39. The molecule has 0 spiro atoms. The van der Waals surface area contributed by atoms with Gasteiger partial charge in [-0.15, -0.1) is 0 Å². The largest absolute Gasteiger partial charge is 0.493 e. The highest BCUT2D eigenvalue weighted by atomic mass is 16.6. The minimum atomic E-state index is -0.733. The predicted molar refractivity (Wildman–Crippen MR) is 119 cm³/mol. The Kier molecular flexibility index (Phi) is 5.65. The summed E-state index contributed by atoms with van der Waals surface area (Å²) in [6.07, 6.45) is 2.93. The van der Waals surface area contributed by atoms with E-state index in [-0.39, 0.29) is 0 Å². The molecule has 1 aliphatic heterocycles. The van der Waals surface area contributed by atoms with Crippen molar-refractivity contribution in [1.82, 2.24) is 0 Å². The third kappa shape index (κ3) is 4.32. The average molecular weight is 436 g/mol. The van der Waals surface area contributed by atoms with Crippen LogP contribution in [0.1, 0.15) is 25.0 Å². The Labute approximate surface area is 185 Å². The SMILES string of the molecule is COc1ccc(/C=C/C(=O)O[C@@H]2Cc3cc4oc(=O)ccc4cc3OC2(C)C)cc1OC. The Morgan fingerprint density at radius 2 is 1.84 bits per heavy atom. The highest BCUT2D eigenvalue weighted by Crippen LogP contribution is 2.37. The third-order valence-corrected chi connectivity index (χ3v) is 5.43. The van der Waals surface area contributed by atoms with E-state index in [4.69, 9.17) is 23.4 Å². The normalized spacial score (nSPS) is 16.9. The summed E-state index contributed by atoms with van der Waals surface area (Å²) in [7, 11) is 3.12. The highest BCUT2D eigenvalue weighted by molar-refractivity contribution is 5.87. The first kappa shape index (κ1) is 21.5. The van der Waals surface area contributed by atoms with Crippen molar-refractivity contribution in [2.45, 2.75) is 32.0 Å². The van der Waals surface area contributed by atoms with E-state index in [2.05, 4.69) is 0 Å². The van der Waals surface area contributed by atoms with Crippen molar-refractivity contribution < 1.29 is 28.2 Å². The summed E-state index contributed by atoms with van der Waals surface area (Å²) in [5.74, 6) is 1.37. The van der Waals surface area contributed by atoms with Crippen LogP contribution in [-0.2, 0) is 16.0 Å². The molecule has 32 heavy (non-hydrogen) atoms. The van der Waals surface area contributed by atoms with Gasteiger partial charge in [0.15, 0.2) is 11.5 Å². The lowest BCUT2D eigenvalue weighted by molar-refractivity contribution is -0.155. The van der Waals surface area contributed by atoms with E-state index in [0.29, 0.717) is 29.3 Å². The second-order valence-electron chi connectivity index (χ2n) is 8.04. The molecule has 0 saturated carbocycles. The number of carbonyl (C=O) groups is 1. The summed E-state index contributed by atoms with van der Waals surface area (Å²) < 4.78 is 27.6. The molecule has 0 amide bonds. The van der Waals surface area contributed by atoms with E-state index in [0.717, 1.165) is 16.5 Å². The highest BCUT2D eigenvalue weighted by Gasteiger charge is 2.39. The van der Waals surface area contributed by atoms with E-state index in [9.17, 15) is 9.59 Å². The van der Waals surface area contributed by atoms with Crippen molar-refractivity contribution in [3.8, 4) is 17.2 Å². The van der Waals surface area contributed by atoms with Crippen LogP contribution in [-0.4, -0.2) is 31.9 Å². The number of fused-ring (bicyclic) bond motifs is 2. The van der Waals surface area contributed by atoms with Gasteiger partial charge in [0, 0.05) is 29.5 Å². The van der Waals surface area contributed by atoms with Crippen molar-refractivity contribution in [2.75, 3.05) is 14.2 Å². The van der Waals surface area contributed by atoms with Crippen LogP contribution in [0.3, 0.4) is 0 Å². The maximum atomic E-state index is 12.5. The van der Waals surface area contributed by atoms with Crippen molar-refractivity contribution in [3.63, 3.8) is 0 Å². The number of rotatable bonds is 5. The lowest BCUT2D eigenvalue weighted by atomic mass is 9.90. The Morgan fingerprint density at radius 1 is 1.06 bits per heavy atom. The van der Waals surface area contributed by atoms with Gasteiger partial charge in [0.2, 0.25) is 0 Å². The molecular formula is C25H24O7. The van der Waals surface area contributed by atoms with Gasteiger partial charge in [-0.25, -0.2) is 9.59 Å². The minimum absolute atomic E-state index is 0.419. The number of methoxy groups -OCH3 is 2. The smallest absolute Gasteiger partial charge is 0.336 e. The van der Waals surface area contributed by atoms with Gasteiger partial charge < -0.3 is 23.4 Å². The molecule has 4 rings (SSSR count). The fourth-order valence-corrected chi connectivity index (χ4v) is 3.67. The molecule has 7 heteroatoms. The number of esters is 1. The third-order valence-electron chi connectivity index (χ3n) is 5.43. The van der Waals surface area contributed by atoms with Crippen molar-refractivity contribution >= 4 is 23.0 Å². The van der Waals surface area contributed by atoms with E-state index >= 15 is 0 Å². The molecule has 3 aromatic rings. The van der Waals surface area contributed by atoms with Crippen LogP contribution in [0.2, 0.25) is 0 Å². The zero-order valence-corrected chi connectivity index (χ0v) is 18.3. The van der Waals surface area contributed by atoms with Gasteiger partial charge >= 0.3 is 11.6 Å². The van der Waals surface area contributed by atoms with E-state index in [1.807, 2.05) is 26.0 Å². The van der Waals surface area contributed by atoms with Crippen LogP contribution < -0.4 is 19.8 Å². The molecule has 0 bridgehead atoms. The summed E-state index contributed by atoms with van der Waals surface area (Å²) in [5.41, 5.74) is 0.901. The summed E-state index contributed by atoms with van der Waals surface area (Å²) in [4.78, 5) is 24.1. The Hall–Kier alpha value is -3.74. The Balaban J connectivity index is 1.52. The monoisotopic (exact) mass is 436 g/mol. The van der Waals surface area contributed by atoms with Crippen LogP contribution >= 0.6 is 0 Å². The quantitative estimate of drug-likeness (QED) is 0.337. The summed E-state index contributed by atoms with van der Waals surface area (Å²) in [6, 6.07) is 12.0. The molecule has 7 nitrogen and oxygen atoms in total. The zero-order valence-electron chi connectivity index (χ0n) is 18.3. The standard InChI is InChI=1S/C25H24O7/c1-25(2)22(14-17-13-19-16(12-20(17)32-25)7-10-23(26)30-19)31-24(27)9-6-15-5-8-18(28-3)21(11-15)29-4/h5-13,22H,14H2,1-4H3/b9-6+/t22-/m1/s1. The summed E-state index contributed by atoms with van der Waals surface area (Å²) >= 11 is 0. The van der Waals surface area contributed by atoms with E-state index < -0.39 is 23.3 Å². The molecule has 166 valence electrons. The second-order valence-corrected chi connectivity index (χ2v) is 8.04. The topological polar surface area (TPSA) is 84.2 Å². The van der Waals surface area contributed by atoms with Gasteiger partial charge in [-0.1, -0.05) is 6.07 Å². The van der Waals surface area contributed by atoms with Crippen LogP contribution in [0.5, 0.6) is 17.2 Å². The molecular weight excluding hydrogens is 412 g/mol. The molecule has 0 saturated heterocycles. The van der Waals surface area contributed by atoms with Crippen LogP contribution in [0.25, 0.3) is 17.0 Å². The van der Waals surface area contributed by atoms with Gasteiger partial charge in [0.25, 0.3) is 0 Å². The van der Waals surface area contributed by atoms with Crippen LogP contribution in [0, 0.1) is 0 Å². The number of hydrogen-bond acceptors (Lipinski definition) is 7. The van der Waals surface area contributed by atoms with Crippen molar-refractivity contribution in [1.29, 1.82) is 0 Å². The zero-order chi connectivity index (χ0) is 22.9. The first-order valence-electron chi connectivity index (χ1n) is 10.2. The summed E-state index contributed by atoms with van der Waals surface area (Å²) in [5, 5.41) is 0.771. The molecule has 1 aromatic heterocycles. The van der Waals surface area contributed by atoms with Crippen LogP contribution in [0.4, 0.5) is 0 Å². The van der Waals surface area contributed by atoms with Gasteiger partial charge in [-0.3, -0.25) is 0 Å². The van der Waals surface area contributed by atoms with E-state index in [1.54, 1.807) is 44.6 Å². The van der Waals surface area contributed by atoms with Crippen molar-refractivity contribution in [3.05, 3.63) is 70.1 Å². The molecule has 2 heterocycles. The number of ether oxygens (including phenoxy) is 4. The molecule has 0 N–H and O–H groups in total. The number of benzene rings is 2. The van der Waals surface area contributed by atoms with Gasteiger partial charge in [0.05, 0.1) is 14.2 Å². The first-order valence-corrected chi connectivity index (χ1v) is 10.2. The fraction of sp³-hybridized carbons (Fsp3) is 0.280. The molecule has 2 aromatic carbocycles.